The molecule has 4 aliphatic carbocycles. The number of hydrogen-bond donors (Lipinski definition) is 0. The first-order valence-electron chi connectivity index (χ1n) is 15.4. The van der Waals surface area contributed by atoms with Crippen molar-refractivity contribution in [3.8, 4) is 0 Å². The third-order valence-corrected chi connectivity index (χ3v) is 11.7. The predicted molar refractivity (Wildman–Crippen MR) is 150 cm³/mol. The molecule has 5 aliphatic rings. The molecule has 3 unspecified atom stereocenters. The molecule has 0 aromatic rings. The first-order chi connectivity index (χ1) is 18.3. The SMILES string of the molecule is CC(=O)OC1CC[C@@]2(C)C(=CC[C@H]3[C@@H]4CC(OC(C)=O)[C@H](/C(C)=C5\CCC(C)CN5C(C)=O)[C@@]4(C)CC[C@@H]32)C1. The Balaban J connectivity index is 1.48. The van der Waals surface area contributed by atoms with Crippen LogP contribution in [0, 0.1) is 40.4 Å². The van der Waals surface area contributed by atoms with Crippen molar-refractivity contribution in [1.29, 1.82) is 0 Å². The summed E-state index contributed by atoms with van der Waals surface area (Å²) in [6, 6.07) is 0. The molecule has 9 atom stereocenters. The van der Waals surface area contributed by atoms with E-state index in [-0.39, 0.29) is 46.8 Å². The molecule has 5 rings (SSSR count). The molecule has 1 aliphatic heterocycles. The van der Waals surface area contributed by atoms with E-state index < -0.39 is 0 Å². The van der Waals surface area contributed by atoms with Gasteiger partial charge in [0, 0.05) is 45.4 Å². The summed E-state index contributed by atoms with van der Waals surface area (Å²) in [4.78, 5) is 38.7. The smallest absolute Gasteiger partial charge is 0.302 e. The largest absolute Gasteiger partial charge is 0.462 e. The normalized spacial score (nSPS) is 42.9. The molecule has 0 aromatic carbocycles. The molecule has 1 heterocycles. The van der Waals surface area contributed by atoms with Crippen molar-refractivity contribution in [1.82, 2.24) is 4.90 Å². The third kappa shape index (κ3) is 4.88. The van der Waals surface area contributed by atoms with Crippen molar-refractivity contribution in [2.45, 2.75) is 118 Å². The van der Waals surface area contributed by atoms with Gasteiger partial charge in [-0.1, -0.05) is 32.4 Å². The van der Waals surface area contributed by atoms with Crippen LogP contribution in [-0.2, 0) is 23.9 Å². The van der Waals surface area contributed by atoms with Crippen molar-refractivity contribution >= 4 is 17.8 Å². The van der Waals surface area contributed by atoms with E-state index in [0.29, 0.717) is 23.7 Å². The molecule has 6 nitrogen and oxygen atoms in total. The molecule has 0 radical (unpaired) electrons. The summed E-state index contributed by atoms with van der Waals surface area (Å²) in [5.41, 5.74) is 4.11. The van der Waals surface area contributed by atoms with Crippen LogP contribution in [0.15, 0.2) is 22.9 Å². The lowest BCUT2D eigenvalue weighted by molar-refractivity contribution is -0.149. The summed E-state index contributed by atoms with van der Waals surface area (Å²) >= 11 is 0. The van der Waals surface area contributed by atoms with E-state index in [1.807, 2.05) is 4.90 Å². The van der Waals surface area contributed by atoms with Crippen molar-refractivity contribution in [2.24, 2.45) is 40.4 Å². The Morgan fingerprint density at radius 1 is 0.949 bits per heavy atom. The van der Waals surface area contributed by atoms with E-state index in [4.69, 9.17) is 9.47 Å². The van der Waals surface area contributed by atoms with Crippen LogP contribution in [0.1, 0.15) is 106 Å². The Hall–Kier alpha value is -2.11. The van der Waals surface area contributed by atoms with Crippen LogP contribution >= 0.6 is 0 Å². The van der Waals surface area contributed by atoms with Gasteiger partial charge in [-0.3, -0.25) is 14.4 Å². The second-order valence-corrected chi connectivity index (χ2v) is 14.0. The molecule has 1 amide bonds. The van der Waals surface area contributed by atoms with Crippen molar-refractivity contribution in [2.75, 3.05) is 6.54 Å². The number of fused-ring (bicyclic) bond motifs is 5. The molecule has 0 aromatic heterocycles. The number of hydrogen-bond acceptors (Lipinski definition) is 5. The average Bonchev–Trinajstić information content (AvgIpc) is 3.14. The summed E-state index contributed by atoms with van der Waals surface area (Å²) < 4.78 is 11.8. The first kappa shape index (κ1) is 28.4. The van der Waals surface area contributed by atoms with Crippen LogP contribution in [0.5, 0.6) is 0 Å². The second kappa shape index (κ2) is 10.4. The van der Waals surface area contributed by atoms with Crippen LogP contribution in [0.3, 0.4) is 0 Å². The van der Waals surface area contributed by atoms with Crippen LogP contribution in [0.4, 0.5) is 0 Å². The van der Waals surface area contributed by atoms with Crippen LogP contribution in [-0.4, -0.2) is 41.5 Å². The van der Waals surface area contributed by atoms with E-state index in [2.05, 4.69) is 33.8 Å². The zero-order chi connectivity index (χ0) is 28.3. The topological polar surface area (TPSA) is 72.9 Å². The van der Waals surface area contributed by atoms with Gasteiger partial charge >= 0.3 is 11.9 Å². The highest BCUT2D eigenvalue weighted by Gasteiger charge is 2.62. The van der Waals surface area contributed by atoms with Crippen molar-refractivity contribution in [3.63, 3.8) is 0 Å². The molecule has 4 fully saturated rings. The minimum Gasteiger partial charge on any atom is -0.462 e. The van der Waals surface area contributed by atoms with Gasteiger partial charge in [0.25, 0.3) is 0 Å². The molecule has 0 bridgehead atoms. The number of nitrogens with zero attached hydrogens (tertiary/aromatic N) is 1. The predicted octanol–water partition coefficient (Wildman–Crippen LogP) is 6.59. The number of likely N-dealkylation sites (tertiary alicyclic amines) is 1. The number of rotatable bonds is 3. The van der Waals surface area contributed by atoms with Gasteiger partial charge < -0.3 is 14.4 Å². The maximum atomic E-state index is 12.7. The van der Waals surface area contributed by atoms with Crippen LogP contribution in [0.25, 0.3) is 0 Å². The maximum absolute atomic E-state index is 12.7. The van der Waals surface area contributed by atoms with Gasteiger partial charge in [-0.15, -0.1) is 0 Å². The van der Waals surface area contributed by atoms with Crippen molar-refractivity contribution < 1.29 is 23.9 Å². The van der Waals surface area contributed by atoms with Gasteiger partial charge in [0.15, 0.2) is 0 Å². The van der Waals surface area contributed by atoms with E-state index in [0.717, 1.165) is 57.9 Å². The van der Waals surface area contributed by atoms with Gasteiger partial charge in [-0.25, -0.2) is 0 Å². The fourth-order valence-electron chi connectivity index (χ4n) is 9.99. The number of ether oxygens (including phenoxy) is 2. The summed E-state index contributed by atoms with van der Waals surface area (Å²) in [5, 5.41) is 0. The van der Waals surface area contributed by atoms with Crippen LogP contribution in [0.2, 0.25) is 0 Å². The summed E-state index contributed by atoms with van der Waals surface area (Å²) in [6.45, 7) is 14.9. The van der Waals surface area contributed by atoms with Gasteiger partial charge in [-0.05, 0) is 98.4 Å². The number of allylic oxidation sites excluding steroid dienone is 2. The highest BCUT2D eigenvalue weighted by molar-refractivity contribution is 5.75. The number of carbonyl (C=O) groups is 3. The van der Waals surface area contributed by atoms with E-state index in [1.165, 1.54) is 37.1 Å². The summed E-state index contributed by atoms with van der Waals surface area (Å²) in [5.74, 6) is 1.99. The lowest BCUT2D eigenvalue weighted by atomic mass is 9.47. The molecule has 0 spiro atoms. The summed E-state index contributed by atoms with van der Waals surface area (Å²) in [6.07, 6.45) is 11.4. The number of carbonyl (C=O) groups excluding carboxylic acids is 3. The van der Waals surface area contributed by atoms with Crippen LogP contribution < -0.4 is 0 Å². The highest BCUT2D eigenvalue weighted by atomic mass is 16.5. The lowest BCUT2D eigenvalue weighted by Crippen LogP contribution is -2.51. The molecule has 216 valence electrons. The Labute approximate surface area is 234 Å². The molecule has 1 saturated heterocycles. The Bertz CT molecular complexity index is 1090. The molecule has 3 saturated carbocycles. The van der Waals surface area contributed by atoms with Gasteiger partial charge in [-0.2, -0.15) is 0 Å². The number of amides is 1. The molecular weight excluding hydrogens is 490 g/mol. The van der Waals surface area contributed by atoms with Gasteiger partial charge in [0.05, 0.1) is 0 Å². The standard InChI is InChI=1S/C33H49NO5/c1-19-8-11-29(34(18-19)21(3)35)20(2)31-30(39-23(5)37)17-28-26-10-9-24-16-25(38-22(4)36)12-14-32(24,6)27(26)13-15-33(28,31)7/h9,19,25-28,30-31H,8,10-18H2,1-7H3/b29-20+/t19?,25?,26-,27+,28+,30?,31+,32+,33+/m1/s1. The van der Waals surface area contributed by atoms with E-state index in [9.17, 15) is 14.4 Å². The average molecular weight is 540 g/mol. The van der Waals surface area contributed by atoms with E-state index >= 15 is 0 Å². The quantitative estimate of drug-likeness (QED) is 0.299. The molecule has 0 N–H and O–H groups in total. The van der Waals surface area contributed by atoms with Gasteiger partial charge in [0.1, 0.15) is 12.2 Å². The monoisotopic (exact) mass is 539 g/mol. The van der Waals surface area contributed by atoms with Gasteiger partial charge in [0.2, 0.25) is 5.91 Å². The van der Waals surface area contributed by atoms with Crippen molar-refractivity contribution in [3.05, 3.63) is 22.9 Å². The zero-order valence-corrected chi connectivity index (χ0v) is 25.2. The Morgan fingerprint density at radius 3 is 2.33 bits per heavy atom. The molecule has 39 heavy (non-hydrogen) atoms. The Morgan fingerprint density at radius 2 is 1.67 bits per heavy atom. The lowest BCUT2D eigenvalue weighted by Gasteiger charge is -2.58. The fraction of sp³-hybridized carbons (Fsp3) is 0.788. The highest BCUT2D eigenvalue weighted by Crippen LogP contribution is 2.67. The number of esters is 2. The molecular formula is C33H49NO5. The minimum atomic E-state index is -0.205. The Kier molecular flexibility index (Phi) is 7.56. The second-order valence-electron chi connectivity index (χ2n) is 14.0. The maximum Gasteiger partial charge on any atom is 0.302 e. The number of piperidine rings is 1. The fourth-order valence-corrected chi connectivity index (χ4v) is 9.99. The molecule has 6 heteroatoms. The summed E-state index contributed by atoms with van der Waals surface area (Å²) in [7, 11) is 0. The zero-order valence-electron chi connectivity index (χ0n) is 25.2. The minimum absolute atomic E-state index is 0.00754. The van der Waals surface area contributed by atoms with E-state index in [1.54, 1.807) is 6.92 Å². The third-order valence-electron chi connectivity index (χ3n) is 11.7. The first-order valence-corrected chi connectivity index (χ1v) is 15.4.